The molecule has 1 fully saturated rings. The molecule has 0 amide bonds. The first-order valence-corrected chi connectivity index (χ1v) is 6.01. The summed E-state index contributed by atoms with van der Waals surface area (Å²) in [6, 6.07) is 5.01. The number of pyridine rings is 1. The Morgan fingerprint density at radius 2 is 2.00 bits per heavy atom. The fourth-order valence-electron chi connectivity index (χ4n) is 2.26. The van der Waals surface area contributed by atoms with Crippen LogP contribution < -0.4 is 10.4 Å². The molecule has 0 bridgehead atoms. The van der Waals surface area contributed by atoms with Crippen molar-refractivity contribution < 1.29 is 0 Å². The molecule has 0 aromatic carbocycles. The third-order valence-electron chi connectivity index (χ3n) is 3.41. The zero-order valence-electron chi connectivity index (χ0n) is 10.5. The van der Waals surface area contributed by atoms with Gasteiger partial charge in [-0.05, 0) is 33.0 Å². The van der Waals surface area contributed by atoms with Crippen LogP contribution in [0.1, 0.15) is 12.8 Å². The van der Waals surface area contributed by atoms with Gasteiger partial charge in [-0.25, -0.2) is 4.98 Å². The number of hydrogen-bond donors (Lipinski definition) is 0. The Balaban J connectivity index is 1.96. The van der Waals surface area contributed by atoms with E-state index >= 15 is 0 Å². The van der Waals surface area contributed by atoms with Crippen molar-refractivity contribution in [2.45, 2.75) is 18.9 Å². The summed E-state index contributed by atoms with van der Waals surface area (Å²) in [5.41, 5.74) is 1.23. The molecule has 0 atom stereocenters. The second-order valence-corrected chi connectivity index (χ2v) is 4.88. The van der Waals surface area contributed by atoms with Gasteiger partial charge in [0, 0.05) is 25.3 Å². The van der Waals surface area contributed by atoms with Gasteiger partial charge in [0.15, 0.2) is 0 Å². The molecule has 3 nitrogen and oxygen atoms in total. The fraction of sp³-hybridized carbons (Fsp3) is 0.583. The molecule has 0 radical (unpaired) electrons. The summed E-state index contributed by atoms with van der Waals surface area (Å²) in [7, 11) is 6.42. The standard InChI is InChI=1S/C12H20BN3/c1-15(2)11-5-7-16(8-6-11)12-4-3-10(13)9-14-12/h3-4,9,11H,5-8,13H2,1-2H3. The minimum atomic E-state index is 0.738. The molecular weight excluding hydrogens is 197 g/mol. The summed E-state index contributed by atoms with van der Waals surface area (Å²) in [6.07, 6.45) is 4.43. The molecule has 1 aliphatic rings. The van der Waals surface area contributed by atoms with Crippen LogP contribution >= 0.6 is 0 Å². The number of aromatic nitrogens is 1. The molecule has 16 heavy (non-hydrogen) atoms. The van der Waals surface area contributed by atoms with Gasteiger partial charge in [0.1, 0.15) is 13.7 Å². The van der Waals surface area contributed by atoms with Crippen LogP contribution in [0, 0.1) is 0 Å². The molecule has 1 aliphatic heterocycles. The predicted octanol–water partition coefficient (Wildman–Crippen LogP) is -0.130. The summed E-state index contributed by atoms with van der Waals surface area (Å²) in [6.45, 7) is 2.25. The second-order valence-electron chi connectivity index (χ2n) is 4.88. The molecule has 0 aliphatic carbocycles. The van der Waals surface area contributed by atoms with Gasteiger partial charge in [-0.3, -0.25) is 0 Å². The summed E-state index contributed by atoms with van der Waals surface area (Å²) < 4.78 is 0. The molecule has 86 valence electrons. The molecule has 1 aromatic rings. The Hall–Kier alpha value is -1.03. The van der Waals surface area contributed by atoms with Crippen molar-refractivity contribution in [3.8, 4) is 0 Å². The number of anilines is 1. The van der Waals surface area contributed by atoms with E-state index in [1.54, 1.807) is 0 Å². The van der Waals surface area contributed by atoms with E-state index in [-0.39, 0.29) is 0 Å². The average Bonchev–Trinajstić information content (AvgIpc) is 2.30. The van der Waals surface area contributed by atoms with Crippen molar-refractivity contribution >= 4 is 19.1 Å². The maximum atomic E-state index is 4.48. The van der Waals surface area contributed by atoms with Crippen LogP contribution in [0.15, 0.2) is 18.3 Å². The van der Waals surface area contributed by atoms with Crippen LogP contribution in [-0.2, 0) is 0 Å². The predicted molar refractivity (Wildman–Crippen MR) is 71.3 cm³/mol. The highest BCUT2D eigenvalue weighted by Gasteiger charge is 2.20. The lowest BCUT2D eigenvalue weighted by atomic mass is 9.99. The van der Waals surface area contributed by atoms with E-state index in [1.165, 1.54) is 18.3 Å². The molecule has 4 heteroatoms. The van der Waals surface area contributed by atoms with Gasteiger partial charge in [-0.2, -0.15) is 0 Å². The lowest BCUT2D eigenvalue weighted by Crippen LogP contribution is -2.42. The average molecular weight is 217 g/mol. The fourth-order valence-corrected chi connectivity index (χ4v) is 2.26. The lowest BCUT2D eigenvalue weighted by molar-refractivity contribution is 0.249. The Morgan fingerprint density at radius 3 is 2.50 bits per heavy atom. The number of hydrogen-bond acceptors (Lipinski definition) is 3. The van der Waals surface area contributed by atoms with E-state index in [2.05, 4.69) is 48.9 Å². The highest BCUT2D eigenvalue weighted by Crippen LogP contribution is 2.18. The van der Waals surface area contributed by atoms with Gasteiger partial charge in [0.2, 0.25) is 0 Å². The highest BCUT2D eigenvalue weighted by molar-refractivity contribution is 6.32. The van der Waals surface area contributed by atoms with Crippen LogP contribution in [0.25, 0.3) is 0 Å². The first-order chi connectivity index (χ1) is 7.66. The molecule has 2 rings (SSSR count). The third kappa shape index (κ3) is 2.56. The monoisotopic (exact) mass is 217 g/mol. The van der Waals surface area contributed by atoms with Crippen molar-refractivity contribution in [2.24, 2.45) is 0 Å². The van der Waals surface area contributed by atoms with Gasteiger partial charge in [0.05, 0.1) is 0 Å². The van der Waals surface area contributed by atoms with Crippen LogP contribution in [-0.4, -0.2) is 51.0 Å². The number of piperidine rings is 1. The van der Waals surface area contributed by atoms with Gasteiger partial charge in [0.25, 0.3) is 0 Å². The van der Waals surface area contributed by atoms with E-state index in [0.29, 0.717) is 0 Å². The second kappa shape index (κ2) is 4.87. The highest BCUT2D eigenvalue weighted by atomic mass is 15.2. The van der Waals surface area contributed by atoms with Crippen molar-refractivity contribution in [3.63, 3.8) is 0 Å². The normalized spacial score (nSPS) is 18.1. The maximum absolute atomic E-state index is 4.48. The van der Waals surface area contributed by atoms with E-state index < -0.39 is 0 Å². The summed E-state index contributed by atoms with van der Waals surface area (Å²) in [5.74, 6) is 1.13. The van der Waals surface area contributed by atoms with E-state index in [4.69, 9.17) is 0 Å². The molecule has 0 spiro atoms. The Kier molecular flexibility index (Phi) is 3.49. The minimum Gasteiger partial charge on any atom is -0.357 e. The first kappa shape index (κ1) is 11.5. The summed E-state index contributed by atoms with van der Waals surface area (Å²) >= 11 is 0. The smallest absolute Gasteiger partial charge is 0.141 e. The van der Waals surface area contributed by atoms with Gasteiger partial charge < -0.3 is 9.80 Å². The SMILES string of the molecule is Bc1ccc(N2CCC(N(C)C)CC2)nc1. The topological polar surface area (TPSA) is 19.4 Å². The van der Waals surface area contributed by atoms with Gasteiger partial charge >= 0.3 is 0 Å². The number of rotatable bonds is 2. The maximum Gasteiger partial charge on any atom is 0.141 e. The van der Waals surface area contributed by atoms with E-state index in [1.807, 2.05) is 6.20 Å². The Labute approximate surface area is 98.9 Å². The molecule has 1 aromatic heterocycles. The minimum absolute atomic E-state index is 0.738. The van der Waals surface area contributed by atoms with Crippen molar-refractivity contribution in [3.05, 3.63) is 18.3 Å². The van der Waals surface area contributed by atoms with E-state index in [0.717, 1.165) is 24.9 Å². The largest absolute Gasteiger partial charge is 0.357 e. The van der Waals surface area contributed by atoms with Crippen molar-refractivity contribution in [1.29, 1.82) is 0 Å². The first-order valence-electron chi connectivity index (χ1n) is 6.01. The van der Waals surface area contributed by atoms with E-state index in [9.17, 15) is 0 Å². The molecule has 0 unspecified atom stereocenters. The summed E-state index contributed by atoms with van der Waals surface area (Å²) in [5, 5.41) is 0. The molecular formula is C12H20BN3. The van der Waals surface area contributed by atoms with Crippen molar-refractivity contribution in [1.82, 2.24) is 9.88 Å². The zero-order chi connectivity index (χ0) is 11.5. The molecule has 2 heterocycles. The summed E-state index contributed by atoms with van der Waals surface area (Å²) in [4.78, 5) is 9.21. The van der Waals surface area contributed by atoms with Crippen LogP contribution in [0.5, 0.6) is 0 Å². The van der Waals surface area contributed by atoms with Gasteiger partial charge in [-0.1, -0.05) is 11.5 Å². The molecule has 1 saturated heterocycles. The number of nitrogens with zero attached hydrogens (tertiary/aromatic N) is 3. The quantitative estimate of drug-likeness (QED) is 0.643. The van der Waals surface area contributed by atoms with Crippen LogP contribution in [0.3, 0.4) is 0 Å². The van der Waals surface area contributed by atoms with Crippen LogP contribution in [0.4, 0.5) is 5.82 Å². The Morgan fingerprint density at radius 1 is 1.31 bits per heavy atom. The third-order valence-corrected chi connectivity index (χ3v) is 3.41. The Bertz CT molecular complexity index is 329. The van der Waals surface area contributed by atoms with Crippen molar-refractivity contribution in [2.75, 3.05) is 32.1 Å². The molecule has 0 N–H and O–H groups in total. The lowest BCUT2D eigenvalue weighted by Gasteiger charge is -2.35. The van der Waals surface area contributed by atoms with Gasteiger partial charge in [-0.15, -0.1) is 0 Å². The molecule has 0 saturated carbocycles. The zero-order valence-corrected chi connectivity index (χ0v) is 10.5. The van der Waals surface area contributed by atoms with Crippen LogP contribution in [0.2, 0.25) is 0 Å².